The number of anilines is 2. The van der Waals surface area contributed by atoms with Crippen LogP contribution in [-0.4, -0.2) is 17.5 Å². The van der Waals surface area contributed by atoms with E-state index in [1.807, 2.05) is 5.38 Å². The number of benzene rings is 2. The van der Waals surface area contributed by atoms with Gasteiger partial charge in [-0.25, -0.2) is 4.98 Å². The molecule has 0 atom stereocenters. The van der Waals surface area contributed by atoms with Gasteiger partial charge in [0.2, 0.25) is 0 Å². The first-order chi connectivity index (χ1) is 13.5. The van der Waals surface area contributed by atoms with Gasteiger partial charge in [0.25, 0.3) is 5.91 Å². The van der Waals surface area contributed by atoms with E-state index in [1.54, 1.807) is 23.5 Å². The first-order valence-corrected chi connectivity index (χ1v) is 10.3. The van der Waals surface area contributed by atoms with Crippen LogP contribution >= 0.6 is 22.9 Å². The van der Waals surface area contributed by atoms with Gasteiger partial charge in [0.15, 0.2) is 6.61 Å². The lowest BCUT2D eigenvalue weighted by molar-refractivity contribution is -0.118. The van der Waals surface area contributed by atoms with Crippen molar-refractivity contribution in [2.75, 3.05) is 17.2 Å². The third kappa shape index (κ3) is 3.98. The Kier molecular flexibility index (Phi) is 5.24. The maximum Gasteiger partial charge on any atom is 0.262 e. The van der Waals surface area contributed by atoms with Crippen molar-refractivity contribution in [2.24, 2.45) is 0 Å². The number of ether oxygens (including phenoxy) is 1. The van der Waals surface area contributed by atoms with Gasteiger partial charge in [-0.2, -0.15) is 0 Å². The molecule has 4 rings (SSSR count). The highest BCUT2D eigenvalue weighted by Crippen LogP contribution is 2.36. The number of nitrogens with zero attached hydrogens (tertiary/aromatic N) is 1. The molecule has 2 aromatic carbocycles. The van der Waals surface area contributed by atoms with Crippen LogP contribution in [0.1, 0.15) is 31.0 Å². The van der Waals surface area contributed by atoms with E-state index in [4.69, 9.17) is 21.3 Å². The normalized spacial score (nSPS) is 13.1. The minimum Gasteiger partial charge on any atom is -0.482 e. The highest BCUT2D eigenvalue weighted by atomic mass is 35.5. The quantitative estimate of drug-likeness (QED) is 0.577. The number of rotatable bonds is 5. The van der Waals surface area contributed by atoms with Gasteiger partial charge in [-0.3, -0.25) is 4.79 Å². The van der Waals surface area contributed by atoms with Gasteiger partial charge in [-0.1, -0.05) is 49.7 Å². The molecule has 0 aliphatic carbocycles. The summed E-state index contributed by atoms with van der Waals surface area (Å²) in [5, 5.41) is 9.60. The Morgan fingerprint density at radius 3 is 2.82 bits per heavy atom. The second-order valence-electron chi connectivity index (χ2n) is 6.94. The molecular weight excluding hydrogens is 394 g/mol. The first kappa shape index (κ1) is 18.8. The number of nitrogens with one attached hydrogen (secondary N) is 2. The Labute approximate surface area is 172 Å². The van der Waals surface area contributed by atoms with Crippen LogP contribution in [0.15, 0.2) is 41.8 Å². The number of halogens is 1. The predicted octanol–water partition coefficient (Wildman–Crippen LogP) is 5.53. The summed E-state index contributed by atoms with van der Waals surface area (Å²) in [6.07, 6.45) is 0. The van der Waals surface area contributed by atoms with Gasteiger partial charge in [0, 0.05) is 17.0 Å². The summed E-state index contributed by atoms with van der Waals surface area (Å²) in [6, 6.07) is 12.1. The highest BCUT2D eigenvalue weighted by molar-refractivity contribution is 7.13. The number of amides is 1. The van der Waals surface area contributed by atoms with Crippen LogP contribution < -0.4 is 15.4 Å². The van der Waals surface area contributed by atoms with Crippen molar-refractivity contribution in [3.8, 4) is 16.3 Å². The van der Waals surface area contributed by atoms with Gasteiger partial charge in [-0.05, 0) is 17.5 Å². The van der Waals surface area contributed by atoms with Gasteiger partial charge in [0.1, 0.15) is 10.8 Å². The zero-order valence-corrected chi connectivity index (χ0v) is 17.2. The van der Waals surface area contributed by atoms with E-state index in [-0.39, 0.29) is 12.5 Å². The van der Waals surface area contributed by atoms with Crippen molar-refractivity contribution in [3.63, 3.8) is 0 Å². The van der Waals surface area contributed by atoms with Crippen LogP contribution in [0.25, 0.3) is 10.6 Å². The van der Waals surface area contributed by atoms with E-state index in [0.29, 0.717) is 28.9 Å². The number of hydrogen-bond acceptors (Lipinski definition) is 5. The fourth-order valence-corrected chi connectivity index (χ4v) is 4.01. The lowest BCUT2D eigenvalue weighted by Gasteiger charge is -2.19. The average Bonchev–Trinajstić information content (AvgIpc) is 3.15. The number of carbonyl (C=O) groups is 1. The monoisotopic (exact) mass is 413 g/mol. The molecular formula is C21H20ClN3O2S. The maximum atomic E-state index is 11.4. The van der Waals surface area contributed by atoms with Crippen molar-refractivity contribution >= 4 is 40.2 Å². The van der Waals surface area contributed by atoms with E-state index < -0.39 is 0 Å². The number of thiazole rings is 1. The fourth-order valence-electron chi connectivity index (χ4n) is 2.95. The molecule has 1 amide bonds. The maximum absolute atomic E-state index is 11.4. The summed E-state index contributed by atoms with van der Waals surface area (Å²) < 4.78 is 5.45. The molecule has 1 aliphatic rings. The zero-order chi connectivity index (χ0) is 19.7. The molecule has 2 N–H and O–H groups in total. The second kappa shape index (κ2) is 7.81. The molecule has 0 fully saturated rings. The summed E-state index contributed by atoms with van der Waals surface area (Å²) >= 11 is 7.95. The molecule has 2 heterocycles. The number of hydrogen-bond donors (Lipinski definition) is 2. The molecule has 28 heavy (non-hydrogen) atoms. The molecule has 7 heteroatoms. The predicted molar refractivity (Wildman–Crippen MR) is 115 cm³/mol. The molecule has 0 saturated carbocycles. The number of fused-ring (bicyclic) bond motifs is 1. The summed E-state index contributed by atoms with van der Waals surface area (Å²) in [7, 11) is 0. The lowest BCUT2D eigenvalue weighted by Crippen LogP contribution is -2.25. The number of aromatic nitrogens is 1. The van der Waals surface area contributed by atoms with Crippen LogP contribution in [0.2, 0.25) is 5.02 Å². The molecule has 144 valence electrons. The summed E-state index contributed by atoms with van der Waals surface area (Å²) in [5.74, 6) is 0.945. The van der Waals surface area contributed by atoms with Gasteiger partial charge in [-0.15, -0.1) is 11.3 Å². The summed E-state index contributed by atoms with van der Waals surface area (Å²) in [5.41, 5.74) is 4.72. The fraction of sp³-hybridized carbons (Fsp3) is 0.238. The first-order valence-electron chi connectivity index (χ1n) is 9.04. The van der Waals surface area contributed by atoms with Gasteiger partial charge >= 0.3 is 0 Å². The van der Waals surface area contributed by atoms with Gasteiger partial charge < -0.3 is 15.4 Å². The molecule has 5 nitrogen and oxygen atoms in total. The zero-order valence-electron chi connectivity index (χ0n) is 15.6. The van der Waals surface area contributed by atoms with Crippen molar-refractivity contribution in [1.82, 2.24) is 4.98 Å². The largest absolute Gasteiger partial charge is 0.482 e. The minimum absolute atomic E-state index is 0.0130. The molecule has 1 aromatic heterocycles. The molecule has 1 aliphatic heterocycles. The Morgan fingerprint density at radius 2 is 2.07 bits per heavy atom. The van der Waals surface area contributed by atoms with E-state index in [0.717, 1.165) is 22.0 Å². The molecule has 0 radical (unpaired) electrons. The molecule has 0 saturated heterocycles. The molecule has 0 unspecified atom stereocenters. The topological polar surface area (TPSA) is 63.2 Å². The van der Waals surface area contributed by atoms with E-state index in [9.17, 15) is 4.79 Å². The van der Waals surface area contributed by atoms with Crippen LogP contribution in [0.3, 0.4) is 0 Å². The third-order valence-corrected chi connectivity index (χ3v) is 5.79. The average molecular weight is 414 g/mol. The Morgan fingerprint density at radius 1 is 1.29 bits per heavy atom. The Hall–Kier alpha value is -2.57. The summed E-state index contributed by atoms with van der Waals surface area (Å²) in [4.78, 5) is 16.1. The Balaban J connectivity index is 1.45. The lowest BCUT2D eigenvalue weighted by atomic mass is 10.0. The van der Waals surface area contributed by atoms with Crippen LogP contribution in [-0.2, 0) is 11.3 Å². The van der Waals surface area contributed by atoms with Crippen molar-refractivity contribution in [2.45, 2.75) is 26.3 Å². The highest BCUT2D eigenvalue weighted by Gasteiger charge is 2.18. The Bertz CT molecular complexity index is 1010. The van der Waals surface area contributed by atoms with Crippen LogP contribution in [0, 0.1) is 0 Å². The van der Waals surface area contributed by atoms with Crippen molar-refractivity contribution in [1.29, 1.82) is 0 Å². The molecule has 0 bridgehead atoms. The van der Waals surface area contributed by atoms with Gasteiger partial charge in [0.05, 0.1) is 28.6 Å². The van der Waals surface area contributed by atoms with E-state index >= 15 is 0 Å². The minimum atomic E-state index is -0.180. The van der Waals surface area contributed by atoms with Crippen molar-refractivity contribution < 1.29 is 9.53 Å². The van der Waals surface area contributed by atoms with E-state index in [2.05, 4.69) is 48.7 Å². The number of carbonyl (C=O) groups excluding carboxylic acids is 1. The van der Waals surface area contributed by atoms with Crippen molar-refractivity contribution in [3.05, 3.63) is 58.1 Å². The second-order valence-corrected chi connectivity index (χ2v) is 8.20. The summed E-state index contributed by atoms with van der Waals surface area (Å²) in [6.45, 7) is 4.94. The van der Waals surface area contributed by atoms with Crippen LogP contribution in [0.4, 0.5) is 11.4 Å². The van der Waals surface area contributed by atoms with Crippen LogP contribution in [0.5, 0.6) is 5.75 Å². The smallest absolute Gasteiger partial charge is 0.262 e. The molecule has 3 aromatic rings. The standard InChI is InChI=1S/C21H20ClN3O2S/c1-12(2)13-3-5-14(6-4-13)21-24-15(11-28-21)9-23-17-8-19-18(7-16(17)22)25-20(26)10-27-19/h3-8,11-12,23H,9-10H2,1-2H3,(H,25,26). The molecule has 0 spiro atoms. The van der Waals surface area contributed by atoms with E-state index in [1.165, 1.54) is 5.56 Å². The SMILES string of the molecule is CC(C)c1ccc(-c2nc(CNc3cc4c(cc3Cl)NC(=O)CO4)cs2)cc1. The third-order valence-electron chi connectivity index (χ3n) is 4.54.